The average Bonchev–Trinajstić information content (AvgIpc) is 2.90. The Morgan fingerprint density at radius 2 is 2.00 bits per heavy atom. The molecule has 4 heteroatoms. The molecule has 0 aromatic rings. The highest BCUT2D eigenvalue weighted by Crippen LogP contribution is 2.61. The molecule has 3 saturated carbocycles. The van der Waals surface area contributed by atoms with Crippen LogP contribution in [0.1, 0.15) is 98.3 Å². The first-order valence-corrected chi connectivity index (χ1v) is 12.2. The van der Waals surface area contributed by atoms with Gasteiger partial charge in [0.15, 0.2) is 0 Å². The first-order valence-electron chi connectivity index (χ1n) is 12.2. The number of alkyl halides is 1. The molecule has 0 aromatic heterocycles. The molecule has 3 aliphatic carbocycles. The highest BCUT2D eigenvalue weighted by Gasteiger charge is 2.58. The zero-order chi connectivity index (χ0) is 22.2. The summed E-state index contributed by atoms with van der Waals surface area (Å²) in [5, 5.41) is 19.9. The highest BCUT2D eigenvalue weighted by atomic mass is 19.1. The number of halogens is 1. The van der Waals surface area contributed by atoms with Gasteiger partial charge in [-0.05, 0) is 81.6 Å². The molecule has 3 fully saturated rings. The Hall–Kier alpha value is -0.710. The Morgan fingerprint density at radius 1 is 1.27 bits per heavy atom. The Bertz CT molecular complexity index is 654. The maximum Gasteiger partial charge on any atom is 0.106 e. The molecule has 0 radical (unpaired) electrons. The van der Waals surface area contributed by atoms with Gasteiger partial charge in [0.05, 0.1) is 11.7 Å². The summed E-state index contributed by atoms with van der Waals surface area (Å²) in [5.41, 5.74) is 8.75. The lowest BCUT2D eigenvalue weighted by molar-refractivity contribution is 0.0551. The topological polar surface area (TPSA) is 66.5 Å². The molecule has 4 N–H and O–H groups in total. The summed E-state index contributed by atoms with van der Waals surface area (Å²) >= 11 is 0. The molecule has 0 spiro atoms. The van der Waals surface area contributed by atoms with Gasteiger partial charge < -0.3 is 15.9 Å². The molecule has 3 rings (SSSR count). The lowest BCUT2D eigenvalue weighted by Gasteiger charge is -2.51. The van der Waals surface area contributed by atoms with E-state index in [0.29, 0.717) is 24.7 Å². The minimum absolute atomic E-state index is 0.0957. The third kappa shape index (κ3) is 5.02. The van der Waals surface area contributed by atoms with Crippen molar-refractivity contribution in [2.75, 3.05) is 0 Å². The molecule has 3 nitrogen and oxygen atoms in total. The summed E-state index contributed by atoms with van der Waals surface area (Å²) in [6, 6.07) is 0. The fourth-order valence-electron chi connectivity index (χ4n) is 6.81. The van der Waals surface area contributed by atoms with Crippen LogP contribution < -0.4 is 5.73 Å². The number of aliphatic hydroxyl groups excluding tert-OH is 1. The Balaban J connectivity index is 1.73. The van der Waals surface area contributed by atoms with Crippen molar-refractivity contribution in [3.05, 3.63) is 23.3 Å². The van der Waals surface area contributed by atoms with Crippen LogP contribution in [-0.4, -0.2) is 33.6 Å². The van der Waals surface area contributed by atoms with Gasteiger partial charge in [-0.3, -0.25) is 0 Å². The van der Waals surface area contributed by atoms with E-state index in [1.165, 1.54) is 12.0 Å². The van der Waals surface area contributed by atoms with E-state index in [4.69, 9.17) is 5.73 Å². The van der Waals surface area contributed by atoms with Crippen molar-refractivity contribution in [2.24, 2.45) is 23.0 Å². The second kappa shape index (κ2) is 9.03. The van der Waals surface area contributed by atoms with Crippen molar-refractivity contribution in [3.63, 3.8) is 0 Å². The molecule has 0 saturated heterocycles. The normalized spacial score (nSPS) is 41.3. The van der Waals surface area contributed by atoms with Crippen LogP contribution in [0.4, 0.5) is 4.39 Å². The first-order chi connectivity index (χ1) is 13.9. The van der Waals surface area contributed by atoms with Gasteiger partial charge in [0.25, 0.3) is 0 Å². The van der Waals surface area contributed by atoms with Crippen LogP contribution in [0, 0.1) is 17.3 Å². The monoisotopic (exact) mass is 421 g/mol. The largest absolute Gasteiger partial charge is 0.393 e. The smallest absolute Gasteiger partial charge is 0.106 e. The molecule has 0 amide bonds. The van der Waals surface area contributed by atoms with Gasteiger partial charge in [-0.15, -0.1) is 0 Å². The van der Waals surface area contributed by atoms with Gasteiger partial charge in [0.1, 0.15) is 6.17 Å². The van der Waals surface area contributed by atoms with Crippen molar-refractivity contribution in [3.8, 4) is 0 Å². The number of allylic oxidation sites excluding steroid dienone is 2. The first kappa shape index (κ1) is 23.9. The summed E-state index contributed by atoms with van der Waals surface area (Å²) in [7, 11) is 0. The lowest BCUT2D eigenvalue weighted by Crippen LogP contribution is -2.56. The number of hydrogen-bond donors (Lipinski definition) is 3. The van der Waals surface area contributed by atoms with E-state index >= 15 is 0 Å². The van der Waals surface area contributed by atoms with Crippen molar-refractivity contribution >= 4 is 0 Å². The fraction of sp³-hybridized carbons (Fsp3) is 0.846. The summed E-state index contributed by atoms with van der Waals surface area (Å²) < 4.78 is 13.9. The van der Waals surface area contributed by atoms with Crippen molar-refractivity contribution in [2.45, 2.75) is 122 Å². The maximum atomic E-state index is 13.9. The van der Waals surface area contributed by atoms with Crippen LogP contribution in [0.25, 0.3) is 0 Å². The van der Waals surface area contributed by atoms with Gasteiger partial charge in [0, 0.05) is 18.4 Å². The van der Waals surface area contributed by atoms with E-state index in [1.807, 2.05) is 13.8 Å². The second-order valence-electron chi connectivity index (χ2n) is 11.5. The van der Waals surface area contributed by atoms with Crippen LogP contribution in [0.2, 0.25) is 0 Å². The number of hydrogen-bond acceptors (Lipinski definition) is 3. The van der Waals surface area contributed by atoms with Gasteiger partial charge in [-0.25, -0.2) is 4.39 Å². The molecule has 6 atom stereocenters. The summed E-state index contributed by atoms with van der Waals surface area (Å²) in [6.07, 6.45) is 12.6. The SMILES string of the molecule is C[C@H](CCCC(C)(C)O)[C@H]1CC[C@@]2(N)/C(=C/C=C3/CC(O)CC(F)C3)CCC[C@]12C. The van der Waals surface area contributed by atoms with Crippen LogP contribution in [-0.2, 0) is 0 Å². The average molecular weight is 422 g/mol. The second-order valence-corrected chi connectivity index (χ2v) is 11.5. The summed E-state index contributed by atoms with van der Waals surface area (Å²) in [6.45, 7) is 8.56. The molecule has 0 heterocycles. The summed E-state index contributed by atoms with van der Waals surface area (Å²) in [5.74, 6) is 1.20. The van der Waals surface area contributed by atoms with Crippen LogP contribution in [0.5, 0.6) is 0 Å². The Morgan fingerprint density at radius 3 is 2.67 bits per heavy atom. The zero-order valence-electron chi connectivity index (χ0n) is 19.6. The van der Waals surface area contributed by atoms with E-state index < -0.39 is 17.9 Å². The molecule has 3 aliphatic rings. The van der Waals surface area contributed by atoms with Crippen molar-refractivity contribution < 1.29 is 14.6 Å². The molecule has 0 aliphatic heterocycles. The van der Waals surface area contributed by atoms with Crippen molar-refractivity contribution in [1.82, 2.24) is 0 Å². The minimum atomic E-state index is -0.928. The van der Waals surface area contributed by atoms with Gasteiger partial charge in [-0.2, -0.15) is 0 Å². The van der Waals surface area contributed by atoms with Gasteiger partial charge in [-0.1, -0.05) is 44.4 Å². The molecular weight excluding hydrogens is 377 g/mol. The highest BCUT2D eigenvalue weighted by molar-refractivity contribution is 5.35. The molecule has 0 bridgehead atoms. The van der Waals surface area contributed by atoms with E-state index in [2.05, 4.69) is 26.0 Å². The molecule has 2 unspecified atom stereocenters. The summed E-state index contributed by atoms with van der Waals surface area (Å²) in [4.78, 5) is 0. The van der Waals surface area contributed by atoms with E-state index in [0.717, 1.165) is 50.5 Å². The maximum absolute atomic E-state index is 13.9. The van der Waals surface area contributed by atoms with Gasteiger partial charge in [0.2, 0.25) is 0 Å². The molecular formula is C26H44FNO2. The van der Waals surface area contributed by atoms with Crippen LogP contribution in [0.3, 0.4) is 0 Å². The third-order valence-electron chi connectivity index (χ3n) is 8.57. The number of fused-ring (bicyclic) bond motifs is 1. The predicted molar refractivity (Wildman–Crippen MR) is 122 cm³/mol. The number of nitrogens with two attached hydrogens (primary N) is 1. The predicted octanol–water partition coefficient (Wildman–Crippen LogP) is 5.60. The fourth-order valence-corrected chi connectivity index (χ4v) is 6.81. The van der Waals surface area contributed by atoms with E-state index in [9.17, 15) is 14.6 Å². The van der Waals surface area contributed by atoms with Crippen LogP contribution >= 0.6 is 0 Å². The Kier molecular flexibility index (Phi) is 7.21. The quantitative estimate of drug-likeness (QED) is 0.523. The lowest BCUT2D eigenvalue weighted by atomic mass is 9.57. The van der Waals surface area contributed by atoms with E-state index in [-0.39, 0.29) is 17.4 Å². The standard InChI is InChI=1S/C26H44FNO2/c1-18(7-5-12-24(2,3)30)23-11-14-26(28)20(8-6-13-25(23,26)4)10-9-19-15-21(27)17-22(29)16-19/h9-10,18,21-23,29-30H,5-8,11-17,28H2,1-4H3/b19-9+,20-10+/t18-,21?,22?,23-,25-,26-/m1/s1. The molecule has 172 valence electrons. The van der Waals surface area contributed by atoms with Crippen molar-refractivity contribution in [1.29, 1.82) is 0 Å². The zero-order valence-corrected chi connectivity index (χ0v) is 19.6. The van der Waals surface area contributed by atoms with Gasteiger partial charge >= 0.3 is 0 Å². The number of rotatable bonds is 6. The minimum Gasteiger partial charge on any atom is -0.393 e. The third-order valence-corrected chi connectivity index (χ3v) is 8.57. The molecule has 30 heavy (non-hydrogen) atoms. The molecule has 0 aromatic carbocycles. The number of aliphatic hydroxyl groups is 2. The van der Waals surface area contributed by atoms with E-state index in [1.54, 1.807) is 0 Å². The van der Waals surface area contributed by atoms with Crippen LogP contribution in [0.15, 0.2) is 23.3 Å². The Labute approximate surface area is 183 Å².